The first-order chi connectivity index (χ1) is 13.7. The van der Waals surface area contributed by atoms with Crippen LogP contribution in [0.15, 0.2) is 35.5 Å². The van der Waals surface area contributed by atoms with Crippen LogP contribution in [-0.4, -0.2) is 42.0 Å². The minimum Gasteiger partial charge on any atom is -0.357 e. The molecule has 5 nitrogen and oxygen atoms in total. The summed E-state index contributed by atoms with van der Waals surface area (Å²) in [6, 6.07) is 8.76. The fourth-order valence-corrected chi connectivity index (χ4v) is 3.82. The number of aryl methyl sites for hydroxylation is 1. The van der Waals surface area contributed by atoms with Gasteiger partial charge < -0.3 is 10.6 Å². The molecular formula is C22H35N5S. The van der Waals surface area contributed by atoms with Crippen LogP contribution in [-0.2, 0) is 25.9 Å². The summed E-state index contributed by atoms with van der Waals surface area (Å²) < 4.78 is 0. The van der Waals surface area contributed by atoms with Gasteiger partial charge in [-0.05, 0) is 37.6 Å². The average molecular weight is 402 g/mol. The highest BCUT2D eigenvalue weighted by Gasteiger charge is 2.04. The second-order valence-electron chi connectivity index (χ2n) is 6.73. The van der Waals surface area contributed by atoms with E-state index in [9.17, 15) is 0 Å². The predicted octanol–water partition coefficient (Wildman–Crippen LogP) is 3.85. The number of aliphatic imine (C=N–C) groups is 1. The first-order valence-corrected chi connectivity index (χ1v) is 11.3. The van der Waals surface area contributed by atoms with Gasteiger partial charge in [0.05, 0.1) is 11.6 Å². The summed E-state index contributed by atoms with van der Waals surface area (Å²) in [5, 5.41) is 7.95. The molecule has 0 aliphatic carbocycles. The Morgan fingerprint density at radius 2 is 1.89 bits per heavy atom. The molecule has 0 unspecified atom stereocenters. The standard InChI is InChI=1S/C22H35N5S/c1-5-20-16-25-21(28-20)12-13-24-22(23-6-2)26-15-18-10-9-11-19(14-18)17-27(7-3)8-4/h9-11,14,16H,5-8,12-13,15,17H2,1-4H3,(H2,23,24,26). The van der Waals surface area contributed by atoms with E-state index >= 15 is 0 Å². The number of hydrogen-bond acceptors (Lipinski definition) is 4. The number of rotatable bonds is 11. The van der Waals surface area contributed by atoms with Crippen LogP contribution < -0.4 is 10.6 Å². The molecule has 0 aliphatic rings. The fourth-order valence-electron chi connectivity index (χ4n) is 2.96. The zero-order valence-electron chi connectivity index (χ0n) is 17.8. The van der Waals surface area contributed by atoms with Gasteiger partial charge in [0.15, 0.2) is 5.96 Å². The van der Waals surface area contributed by atoms with Crippen molar-refractivity contribution in [2.45, 2.75) is 53.6 Å². The van der Waals surface area contributed by atoms with E-state index in [1.807, 2.05) is 6.20 Å². The third kappa shape index (κ3) is 7.60. The lowest BCUT2D eigenvalue weighted by molar-refractivity contribution is 0.296. The second kappa shape index (κ2) is 12.5. The molecule has 0 saturated carbocycles. The van der Waals surface area contributed by atoms with E-state index in [4.69, 9.17) is 4.99 Å². The maximum Gasteiger partial charge on any atom is 0.191 e. The van der Waals surface area contributed by atoms with Crippen molar-refractivity contribution in [1.29, 1.82) is 0 Å². The molecule has 0 amide bonds. The van der Waals surface area contributed by atoms with Crippen LogP contribution in [0.3, 0.4) is 0 Å². The summed E-state index contributed by atoms with van der Waals surface area (Å²) in [5.41, 5.74) is 2.60. The summed E-state index contributed by atoms with van der Waals surface area (Å²) >= 11 is 1.80. The van der Waals surface area contributed by atoms with E-state index in [2.05, 4.69) is 72.5 Å². The number of aromatic nitrogens is 1. The lowest BCUT2D eigenvalue weighted by Crippen LogP contribution is -2.38. The van der Waals surface area contributed by atoms with Crippen molar-refractivity contribution in [3.8, 4) is 0 Å². The van der Waals surface area contributed by atoms with Gasteiger partial charge in [0.25, 0.3) is 0 Å². The predicted molar refractivity (Wildman–Crippen MR) is 121 cm³/mol. The quantitative estimate of drug-likeness (QED) is 0.444. The Labute approximate surface area is 174 Å². The first kappa shape index (κ1) is 22.4. The Morgan fingerprint density at radius 1 is 1.11 bits per heavy atom. The SMILES string of the molecule is CCNC(=NCc1cccc(CN(CC)CC)c1)NCCc1ncc(CC)s1. The maximum absolute atomic E-state index is 4.76. The van der Waals surface area contributed by atoms with E-state index in [0.717, 1.165) is 51.5 Å². The van der Waals surface area contributed by atoms with Gasteiger partial charge in [0, 0.05) is 37.1 Å². The number of nitrogens with one attached hydrogen (secondary N) is 2. The normalized spacial score (nSPS) is 11.8. The van der Waals surface area contributed by atoms with Crippen LogP contribution in [0.4, 0.5) is 0 Å². The third-order valence-corrected chi connectivity index (χ3v) is 5.84. The summed E-state index contributed by atoms with van der Waals surface area (Å²) in [6.07, 6.45) is 3.97. The highest BCUT2D eigenvalue weighted by molar-refractivity contribution is 7.11. The largest absolute Gasteiger partial charge is 0.357 e. The highest BCUT2D eigenvalue weighted by Crippen LogP contribution is 2.13. The third-order valence-electron chi connectivity index (χ3n) is 4.64. The average Bonchev–Trinajstić information content (AvgIpc) is 3.18. The molecule has 0 spiro atoms. The second-order valence-corrected chi connectivity index (χ2v) is 7.93. The molecule has 2 N–H and O–H groups in total. The van der Waals surface area contributed by atoms with Crippen molar-refractivity contribution in [2.75, 3.05) is 26.2 Å². The van der Waals surface area contributed by atoms with Crippen molar-refractivity contribution in [2.24, 2.45) is 4.99 Å². The van der Waals surface area contributed by atoms with E-state index in [-0.39, 0.29) is 0 Å². The first-order valence-electron chi connectivity index (χ1n) is 10.4. The van der Waals surface area contributed by atoms with Crippen molar-refractivity contribution < 1.29 is 0 Å². The molecular weight excluding hydrogens is 366 g/mol. The summed E-state index contributed by atoms with van der Waals surface area (Å²) in [4.78, 5) is 13.0. The molecule has 0 saturated heterocycles. The topological polar surface area (TPSA) is 52.6 Å². The van der Waals surface area contributed by atoms with Crippen molar-refractivity contribution in [1.82, 2.24) is 20.5 Å². The highest BCUT2D eigenvalue weighted by atomic mass is 32.1. The van der Waals surface area contributed by atoms with Crippen LogP contribution in [0.25, 0.3) is 0 Å². The molecule has 0 bridgehead atoms. The molecule has 0 atom stereocenters. The molecule has 0 aliphatic heterocycles. The maximum atomic E-state index is 4.76. The van der Waals surface area contributed by atoms with E-state index < -0.39 is 0 Å². The van der Waals surface area contributed by atoms with Gasteiger partial charge in [-0.1, -0.05) is 45.0 Å². The Balaban J connectivity index is 1.90. The molecule has 2 aromatic rings. The van der Waals surface area contributed by atoms with Crippen LogP contribution in [0.2, 0.25) is 0 Å². The van der Waals surface area contributed by atoms with E-state index in [0.29, 0.717) is 6.54 Å². The molecule has 1 aromatic heterocycles. The molecule has 1 aromatic carbocycles. The molecule has 0 radical (unpaired) electrons. The van der Waals surface area contributed by atoms with Crippen molar-refractivity contribution >= 4 is 17.3 Å². The Hall–Kier alpha value is -1.92. The van der Waals surface area contributed by atoms with Gasteiger partial charge in [0.1, 0.15) is 0 Å². The van der Waals surface area contributed by atoms with Gasteiger partial charge >= 0.3 is 0 Å². The van der Waals surface area contributed by atoms with E-state index in [1.54, 1.807) is 11.3 Å². The van der Waals surface area contributed by atoms with Crippen LogP contribution in [0, 0.1) is 0 Å². The fraction of sp³-hybridized carbons (Fsp3) is 0.545. The molecule has 0 fully saturated rings. The van der Waals surface area contributed by atoms with Crippen LogP contribution >= 0.6 is 11.3 Å². The zero-order valence-corrected chi connectivity index (χ0v) is 18.6. The van der Waals surface area contributed by atoms with Crippen molar-refractivity contribution in [3.63, 3.8) is 0 Å². The van der Waals surface area contributed by atoms with Crippen molar-refractivity contribution in [3.05, 3.63) is 51.5 Å². The number of benzene rings is 1. The lowest BCUT2D eigenvalue weighted by Gasteiger charge is -2.18. The molecule has 28 heavy (non-hydrogen) atoms. The monoisotopic (exact) mass is 401 g/mol. The minimum absolute atomic E-state index is 0.679. The Bertz CT molecular complexity index is 721. The van der Waals surface area contributed by atoms with Gasteiger partial charge in [-0.25, -0.2) is 9.98 Å². The number of guanidine groups is 1. The number of thiazole rings is 1. The summed E-state index contributed by atoms with van der Waals surface area (Å²) in [5.74, 6) is 0.865. The molecule has 2 rings (SSSR count). The van der Waals surface area contributed by atoms with E-state index in [1.165, 1.54) is 21.0 Å². The molecule has 154 valence electrons. The smallest absolute Gasteiger partial charge is 0.191 e. The van der Waals surface area contributed by atoms with Crippen LogP contribution in [0.1, 0.15) is 48.7 Å². The Kier molecular flexibility index (Phi) is 10.0. The van der Waals surface area contributed by atoms with Crippen LogP contribution in [0.5, 0.6) is 0 Å². The molecule has 6 heteroatoms. The number of nitrogens with zero attached hydrogens (tertiary/aromatic N) is 3. The molecule has 1 heterocycles. The summed E-state index contributed by atoms with van der Waals surface area (Å²) in [7, 11) is 0. The number of hydrogen-bond donors (Lipinski definition) is 2. The van der Waals surface area contributed by atoms with Gasteiger partial charge in [0.2, 0.25) is 0 Å². The van der Waals surface area contributed by atoms with Gasteiger partial charge in [-0.2, -0.15) is 0 Å². The zero-order chi connectivity index (χ0) is 20.2. The van der Waals surface area contributed by atoms with Gasteiger partial charge in [-0.3, -0.25) is 4.90 Å². The van der Waals surface area contributed by atoms with Gasteiger partial charge in [-0.15, -0.1) is 11.3 Å². The minimum atomic E-state index is 0.679. The summed E-state index contributed by atoms with van der Waals surface area (Å²) in [6.45, 7) is 14.2. The lowest BCUT2D eigenvalue weighted by atomic mass is 10.1. The Morgan fingerprint density at radius 3 is 2.57 bits per heavy atom.